The van der Waals surface area contributed by atoms with Gasteiger partial charge in [0, 0.05) is 29.9 Å². The first-order valence-electron chi connectivity index (χ1n) is 18.1. The Morgan fingerprint density at radius 1 is 0.926 bits per heavy atom. The van der Waals surface area contributed by atoms with E-state index in [9.17, 15) is 36.7 Å². The summed E-state index contributed by atoms with van der Waals surface area (Å²) in [5.41, 5.74) is -1.02. The second kappa shape index (κ2) is 16.8. The smallest absolute Gasteiger partial charge is 0.418 e. The highest BCUT2D eigenvalue weighted by atomic mass is 19.4. The van der Waals surface area contributed by atoms with E-state index in [2.05, 4.69) is 25.9 Å². The van der Waals surface area contributed by atoms with Crippen LogP contribution in [0.5, 0.6) is 0 Å². The number of carbonyl (C=O) groups is 4. The quantitative estimate of drug-likeness (QED) is 0.0905. The van der Waals surface area contributed by atoms with E-state index >= 15 is 0 Å². The third-order valence-corrected chi connectivity index (χ3v) is 10.4. The summed E-state index contributed by atoms with van der Waals surface area (Å²) in [4.78, 5) is 62.6. The van der Waals surface area contributed by atoms with E-state index in [4.69, 9.17) is 4.74 Å². The number of halogens is 4. The largest absolute Gasteiger partial charge is 0.459 e. The van der Waals surface area contributed by atoms with Crippen molar-refractivity contribution in [1.82, 2.24) is 25.9 Å². The highest BCUT2D eigenvalue weighted by molar-refractivity contribution is 5.98. The monoisotopic (exact) mass is 751 g/mol. The highest BCUT2D eigenvalue weighted by Crippen LogP contribution is 2.40. The molecule has 2 aromatic heterocycles. The maximum Gasteiger partial charge on any atom is 0.418 e. The number of aromatic amines is 1. The van der Waals surface area contributed by atoms with Gasteiger partial charge in [0.25, 0.3) is 0 Å². The number of fused-ring (bicyclic) bond motifs is 3. The van der Waals surface area contributed by atoms with Crippen LogP contribution in [-0.4, -0.2) is 51.3 Å². The summed E-state index contributed by atoms with van der Waals surface area (Å²) in [6.07, 6.45) is -1.12. The highest BCUT2D eigenvalue weighted by Gasteiger charge is 2.47. The number of aromatic nitrogens is 2. The summed E-state index contributed by atoms with van der Waals surface area (Å²) in [5.74, 6) is -4.17. The molecule has 54 heavy (non-hydrogen) atoms. The van der Waals surface area contributed by atoms with Crippen molar-refractivity contribution >= 4 is 34.6 Å². The molecule has 2 heterocycles. The van der Waals surface area contributed by atoms with Crippen LogP contribution in [0.2, 0.25) is 0 Å². The molecule has 2 aromatic carbocycles. The molecular formula is C40H45F4N5O5. The number of carbonyl (C=O) groups excluding carboxylic acids is 4. The number of para-hydroxylation sites is 1. The first-order valence-corrected chi connectivity index (χ1v) is 18.1. The minimum atomic E-state index is -4.65. The molecule has 0 spiro atoms. The van der Waals surface area contributed by atoms with Gasteiger partial charge in [-0.25, -0.2) is 9.18 Å². The van der Waals surface area contributed by atoms with Gasteiger partial charge in [-0.1, -0.05) is 70.9 Å². The van der Waals surface area contributed by atoms with Gasteiger partial charge in [-0.2, -0.15) is 13.2 Å². The average molecular weight is 752 g/mol. The Hall–Kier alpha value is -5.27. The number of H-pyrrole nitrogens is 1. The van der Waals surface area contributed by atoms with Gasteiger partial charge in [0.2, 0.25) is 17.7 Å². The number of ether oxygens (including phenoxy) is 1. The maximum absolute atomic E-state index is 14.7. The van der Waals surface area contributed by atoms with E-state index in [-0.39, 0.29) is 48.8 Å². The Labute approximate surface area is 310 Å². The molecule has 10 nitrogen and oxygen atoms in total. The van der Waals surface area contributed by atoms with Gasteiger partial charge in [-0.15, -0.1) is 0 Å². The van der Waals surface area contributed by atoms with Gasteiger partial charge in [0.05, 0.1) is 17.5 Å². The van der Waals surface area contributed by atoms with Crippen LogP contribution in [-0.2, 0) is 56.0 Å². The summed E-state index contributed by atoms with van der Waals surface area (Å²) in [7, 11) is 0. The van der Waals surface area contributed by atoms with Crippen LogP contribution in [0, 0.1) is 17.7 Å². The lowest BCUT2D eigenvalue weighted by molar-refractivity contribution is -0.151. The van der Waals surface area contributed by atoms with Crippen LogP contribution in [0.25, 0.3) is 10.9 Å². The van der Waals surface area contributed by atoms with E-state index in [0.29, 0.717) is 29.7 Å². The Morgan fingerprint density at radius 2 is 1.61 bits per heavy atom. The third-order valence-electron chi connectivity index (χ3n) is 10.4. The Kier molecular flexibility index (Phi) is 12.4. The Bertz CT molecular complexity index is 1980. The lowest BCUT2D eigenvalue weighted by Gasteiger charge is -2.39. The number of nitrogens with zero attached hydrogens (tertiary/aromatic N) is 1. The number of hydrogen-bond acceptors (Lipinski definition) is 6. The van der Waals surface area contributed by atoms with Crippen LogP contribution in [0.4, 0.5) is 17.6 Å². The molecule has 0 saturated heterocycles. The molecule has 0 bridgehead atoms. The summed E-state index contributed by atoms with van der Waals surface area (Å²) in [5, 5.41) is 8.69. The maximum atomic E-state index is 14.7. The van der Waals surface area contributed by atoms with Crippen LogP contribution in [0.15, 0.2) is 67.0 Å². The lowest BCUT2D eigenvalue weighted by Crippen LogP contribution is -2.66. The number of hydrogen-bond donors (Lipinski definition) is 4. The number of esters is 1. The minimum Gasteiger partial charge on any atom is -0.459 e. The van der Waals surface area contributed by atoms with Gasteiger partial charge in [-0.3, -0.25) is 19.4 Å². The van der Waals surface area contributed by atoms with Crippen LogP contribution in [0.3, 0.4) is 0 Å². The second-order valence-electron chi connectivity index (χ2n) is 14.1. The van der Waals surface area contributed by atoms with Crippen LogP contribution in [0.1, 0.15) is 74.9 Å². The molecule has 288 valence electrons. The van der Waals surface area contributed by atoms with E-state index in [0.717, 1.165) is 6.07 Å². The average Bonchev–Trinajstić information content (AvgIpc) is 3.52. The number of alkyl halides is 3. The standard InChI is InChI=1S/C40H45F4N5O5/c1-5-23(3)33(47-32(50)20-26-10-7-8-13-30(26)41)36(51)49-39(17-14-31-28(21-39)27-11-9-12-29(35(27)46-31)40(42,43)44)38(53)48-34(24(4)6-2)37(52)54-22-25-15-18-45-19-16-25/h7-13,15-16,18-19,23-24,33-34,46H,5-6,14,17,20-22H2,1-4H3,(H,47,50)(H,48,53)(H,49,51)/t23?,24?,33?,34?,39-/m0/s1. The molecule has 0 radical (unpaired) electrons. The normalized spacial score (nSPS) is 17.8. The molecule has 1 aliphatic rings. The first kappa shape index (κ1) is 39.9. The van der Waals surface area contributed by atoms with Crippen molar-refractivity contribution in [2.75, 3.05) is 0 Å². The number of aryl methyl sites for hydroxylation is 1. The van der Waals surface area contributed by atoms with Gasteiger partial charge < -0.3 is 25.7 Å². The van der Waals surface area contributed by atoms with E-state index in [1.54, 1.807) is 44.4 Å². The van der Waals surface area contributed by atoms with Gasteiger partial charge in [0.15, 0.2) is 0 Å². The topological polar surface area (TPSA) is 142 Å². The zero-order valence-corrected chi connectivity index (χ0v) is 30.6. The fourth-order valence-corrected chi connectivity index (χ4v) is 6.79. The first-order chi connectivity index (χ1) is 25.7. The number of rotatable bonds is 14. The molecule has 3 amide bonds. The number of pyridine rings is 1. The third kappa shape index (κ3) is 8.91. The number of benzene rings is 2. The zero-order valence-electron chi connectivity index (χ0n) is 30.6. The summed E-state index contributed by atoms with van der Waals surface area (Å²) >= 11 is 0. The second-order valence-corrected chi connectivity index (χ2v) is 14.1. The van der Waals surface area contributed by atoms with Gasteiger partial charge in [0.1, 0.15) is 30.0 Å². The van der Waals surface area contributed by atoms with Crippen molar-refractivity contribution in [3.63, 3.8) is 0 Å². The molecule has 4 N–H and O–H groups in total. The molecular weight excluding hydrogens is 706 g/mol. The van der Waals surface area contributed by atoms with Crippen molar-refractivity contribution in [3.8, 4) is 0 Å². The molecule has 4 aromatic rings. The SMILES string of the molecule is CCC(C)C(NC(=O)Cc1ccccc1F)C(=O)N[C@@]1(C(=O)NC(C(=O)OCc2ccncc2)C(C)CC)CCc2[nH]c3c(C(F)(F)F)cccc3c2C1. The molecule has 0 aliphatic heterocycles. The van der Waals surface area contributed by atoms with Crippen molar-refractivity contribution in [1.29, 1.82) is 0 Å². The molecule has 5 atom stereocenters. The summed E-state index contributed by atoms with van der Waals surface area (Å²) in [6, 6.07) is 10.6. The molecule has 0 fully saturated rings. The van der Waals surface area contributed by atoms with E-state index in [1.165, 1.54) is 30.3 Å². The van der Waals surface area contributed by atoms with E-state index < -0.39 is 70.7 Å². The zero-order chi connectivity index (χ0) is 39.2. The van der Waals surface area contributed by atoms with Gasteiger partial charge in [-0.05, 0) is 65.6 Å². The van der Waals surface area contributed by atoms with Gasteiger partial charge >= 0.3 is 12.1 Å². The fourth-order valence-electron chi connectivity index (χ4n) is 6.79. The molecule has 14 heteroatoms. The van der Waals surface area contributed by atoms with Crippen LogP contribution >= 0.6 is 0 Å². The van der Waals surface area contributed by atoms with Crippen molar-refractivity contribution in [2.24, 2.45) is 11.8 Å². The predicted octanol–water partition coefficient (Wildman–Crippen LogP) is 6.11. The van der Waals surface area contributed by atoms with Crippen LogP contribution < -0.4 is 16.0 Å². The predicted molar refractivity (Wildman–Crippen MR) is 193 cm³/mol. The Balaban J connectivity index is 1.49. The molecule has 5 rings (SSSR count). The lowest BCUT2D eigenvalue weighted by atomic mass is 9.78. The summed E-state index contributed by atoms with van der Waals surface area (Å²) in [6.45, 7) is 7.10. The number of amides is 3. The molecule has 1 aliphatic carbocycles. The summed E-state index contributed by atoms with van der Waals surface area (Å²) < 4.78 is 62.1. The van der Waals surface area contributed by atoms with Crippen molar-refractivity contribution < 1.29 is 41.5 Å². The van der Waals surface area contributed by atoms with Crippen molar-refractivity contribution in [2.45, 2.75) is 96.6 Å². The Morgan fingerprint density at radius 3 is 2.28 bits per heavy atom. The fraction of sp³-hybridized carbons (Fsp3) is 0.425. The van der Waals surface area contributed by atoms with E-state index in [1.807, 2.05) is 13.8 Å². The molecule has 0 saturated carbocycles. The number of nitrogens with one attached hydrogen (secondary N) is 4. The molecule has 4 unspecified atom stereocenters. The minimum absolute atomic E-state index is 0.0402. The van der Waals surface area contributed by atoms with Crippen molar-refractivity contribution in [3.05, 3.63) is 101 Å².